The van der Waals surface area contributed by atoms with Crippen LogP contribution in [0.25, 0.3) is 0 Å². The molecule has 0 atom stereocenters. The Hall–Kier alpha value is -1.84. The SMILES string of the molecule is Cc1ccc(CNc2c(F)ccc(C)c2F)o1. The van der Waals surface area contributed by atoms with Crippen molar-refractivity contribution >= 4 is 5.69 Å². The second-order valence-electron chi connectivity index (χ2n) is 3.92. The van der Waals surface area contributed by atoms with Crippen LogP contribution in [-0.2, 0) is 6.54 Å². The molecule has 1 aromatic carbocycles. The zero-order valence-corrected chi connectivity index (χ0v) is 9.68. The van der Waals surface area contributed by atoms with Gasteiger partial charge in [0.05, 0.1) is 6.54 Å². The van der Waals surface area contributed by atoms with Gasteiger partial charge in [0.15, 0.2) is 5.82 Å². The fraction of sp³-hybridized carbons (Fsp3) is 0.231. The van der Waals surface area contributed by atoms with Crippen molar-refractivity contribution in [3.05, 3.63) is 53.0 Å². The van der Waals surface area contributed by atoms with Gasteiger partial charge in [0.1, 0.15) is 23.0 Å². The summed E-state index contributed by atoms with van der Waals surface area (Å²) in [6.07, 6.45) is 0. The minimum atomic E-state index is -0.601. The topological polar surface area (TPSA) is 25.2 Å². The molecule has 0 aliphatic carbocycles. The molecule has 0 spiro atoms. The maximum Gasteiger partial charge on any atom is 0.152 e. The highest BCUT2D eigenvalue weighted by Gasteiger charge is 2.11. The lowest BCUT2D eigenvalue weighted by molar-refractivity contribution is 0.489. The number of hydrogen-bond acceptors (Lipinski definition) is 2. The molecule has 2 nitrogen and oxygen atoms in total. The number of aryl methyl sites for hydroxylation is 2. The average Bonchev–Trinajstić information content (AvgIpc) is 2.70. The van der Waals surface area contributed by atoms with Crippen molar-refractivity contribution in [1.82, 2.24) is 0 Å². The van der Waals surface area contributed by atoms with Crippen molar-refractivity contribution in [2.24, 2.45) is 0 Å². The van der Waals surface area contributed by atoms with Crippen molar-refractivity contribution in [2.45, 2.75) is 20.4 Å². The van der Waals surface area contributed by atoms with E-state index in [1.54, 1.807) is 19.1 Å². The van der Waals surface area contributed by atoms with Crippen molar-refractivity contribution in [2.75, 3.05) is 5.32 Å². The van der Waals surface area contributed by atoms with E-state index in [2.05, 4.69) is 5.32 Å². The summed E-state index contributed by atoms with van der Waals surface area (Å²) in [6.45, 7) is 3.67. The summed E-state index contributed by atoms with van der Waals surface area (Å²) in [5, 5.41) is 2.71. The molecule has 1 aromatic heterocycles. The van der Waals surface area contributed by atoms with Gasteiger partial charge in [0.2, 0.25) is 0 Å². The molecule has 0 radical (unpaired) electrons. The molecule has 0 unspecified atom stereocenters. The fourth-order valence-corrected chi connectivity index (χ4v) is 1.57. The molecule has 0 aliphatic heterocycles. The molecule has 0 fully saturated rings. The van der Waals surface area contributed by atoms with Gasteiger partial charge in [-0.1, -0.05) is 6.07 Å². The van der Waals surface area contributed by atoms with Gasteiger partial charge in [-0.3, -0.25) is 0 Å². The maximum atomic E-state index is 13.6. The van der Waals surface area contributed by atoms with Crippen LogP contribution in [0, 0.1) is 25.5 Å². The molecular weight excluding hydrogens is 224 g/mol. The van der Waals surface area contributed by atoms with E-state index in [1.807, 2.05) is 6.92 Å². The second kappa shape index (κ2) is 4.57. The number of rotatable bonds is 3. The van der Waals surface area contributed by atoms with Crippen molar-refractivity contribution in [3.8, 4) is 0 Å². The number of hydrogen-bond donors (Lipinski definition) is 1. The second-order valence-corrected chi connectivity index (χ2v) is 3.92. The Labute approximate surface area is 98.3 Å². The van der Waals surface area contributed by atoms with Crippen LogP contribution >= 0.6 is 0 Å². The van der Waals surface area contributed by atoms with E-state index in [1.165, 1.54) is 12.1 Å². The monoisotopic (exact) mass is 237 g/mol. The highest BCUT2D eigenvalue weighted by Crippen LogP contribution is 2.22. The van der Waals surface area contributed by atoms with Crippen molar-refractivity contribution in [1.29, 1.82) is 0 Å². The van der Waals surface area contributed by atoms with Gasteiger partial charge >= 0.3 is 0 Å². The quantitative estimate of drug-likeness (QED) is 0.878. The standard InChI is InChI=1S/C13H13F2NO/c1-8-3-6-11(14)13(12(8)15)16-7-10-5-4-9(2)17-10/h3-6,16H,7H2,1-2H3. The zero-order chi connectivity index (χ0) is 12.4. The molecule has 0 saturated heterocycles. The first kappa shape index (κ1) is 11.6. The van der Waals surface area contributed by atoms with Crippen LogP contribution in [-0.4, -0.2) is 0 Å². The Morgan fingerprint density at radius 3 is 2.53 bits per heavy atom. The van der Waals surface area contributed by atoms with Crippen LogP contribution in [0.4, 0.5) is 14.5 Å². The molecule has 1 heterocycles. The van der Waals surface area contributed by atoms with Gasteiger partial charge in [-0.15, -0.1) is 0 Å². The van der Waals surface area contributed by atoms with Crippen molar-refractivity contribution < 1.29 is 13.2 Å². The van der Waals surface area contributed by atoms with E-state index in [0.29, 0.717) is 11.3 Å². The predicted octanol–water partition coefficient (Wildman–Crippen LogP) is 3.79. The normalized spacial score (nSPS) is 10.6. The minimum absolute atomic E-state index is 0.112. The van der Waals surface area contributed by atoms with Gasteiger partial charge in [0, 0.05) is 0 Å². The lowest BCUT2D eigenvalue weighted by Crippen LogP contribution is -2.04. The molecule has 90 valence electrons. The summed E-state index contributed by atoms with van der Waals surface area (Å²) in [4.78, 5) is 0. The third-order valence-corrected chi connectivity index (χ3v) is 2.52. The molecule has 0 bridgehead atoms. The molecule has 1 N–H and O–H groups in total. The smallest absolute Gasteiger partial charge is 0.152 e. The first-order chi connectivity index (χ1) is 8.08. The van der Waals surface area contributed by atoms with Gasteiger partial charge < -0.3 is 9.73 Å². The summed E-state index contributed by atoms with van der Waals surface area (Å²) < 4.78 is 32.4. The summed E-state index contributed by atoms with van der Waals surface area (Å²) >= 11 is 0. The molecule has 17 heavy (non-hydrogen) atoms. The van der Waals surface area contributed by atoms with Gasteiger partial charge in [0.25, 0.3) is 0 Å². The Morgan fingerprint density at radius 1 is 1.12 bits per heavy atom. The van der Waals surface area contributed by atoms with Crippen LogP contribution in [0.2, 0.25) is 0 Å². The van der Waals surface area contributed by atoms with Gasteiger partial charge in [-0.25, -0.2) is 8.78 Å². The van der Waals surface area contributed by atoms with Crippen LogP contribution in [0.15, 0.2) is 28.7 Å². The van der Waals surface area contributed by atoms with Crippen LogP contribution in [0.5, 0.6) is 0 Å². The Morgan fingerprint density at radius 2 is 1.88 bits per heavy atom. The fourth-order valence-electron chi connectivity index (χ4n) is 1.57. The van der Waals surface area contributed by atoms with E-state index >= 15 is 0 Å². The highest BCUT2D eigenvalue weighted by atomic mass is 19.1. The molecule has 0 saturated carbocycles. The maximum absolute atomic E-state index is 13.6. The number of benzene rings is 1. The summed E-state index contributed by atoms with van der Waals surface area (Å²) in [5.41, 5.74) is 0.295. The van der Waals surface area contributed by atoms with Gasteiger partial charge in [-0.05, 0) is 37.6 Å². The summed E-state index contributed by atoms with van der Waals surface area (Å²) in [7, 11) is 0. The van der Waals surface area contributed by atoms with Crippen LogP contribution < -0.4 is 5.32 Å². The molecule has 0 amide bonds. The lowest BCUT2D eigenvalue weighted by atomic mass is 10.2. The summed E-state index contributed by atoms with van der Waals surface area (Å²) in [5.74, 6) is 0.249. The minimum Gasteiger partial charge on any atom is -0.465 e. The first-order valence-corrected chi connectivity index (χ1v) is 5.31. The van der Waals surface area contributed by atoms with E-state index in [4.69, 9.17) is 4.42 Å². The highest BCUT2D eigenvalue weighted by molar-refractivity contribution is 5.49. The predicted molar refractivity (Wildman–Crippen MR) is 61.9 cm³/mol. The molecule has 2 aromatic rings. The third-order valence-electron chi connectivity index (χ3n) is 2.52. The zero-order valence-electron chi connectivity index (χ0n) is 9.68. The average molecular weight is 237 g/mol. The van der Waals surface area contributed by atoms with E-state index in [0.717, 1.165) is 5.76 Å². The molecule has 0 aliphatic rings. The van der Waals surface area contributed by atoms with E-state index in [-0.39, 0.29) is 12.2 Å². The van der Waals surface area contributed by atoms with Gasteiger partial charge in [-0.2, -0.15) is 0 Å². The lowest BCUT2D eigenvalue weighted by Gasteiger charge is -2.08. The molecule has 4 heteroatoms. The Kier molecular flexibility index (Phi) is 3.13. The Bertz CT molecular complexity index is 534. The largest absolute Gasteiger partial charge is 0.465 e. The number of nitrogens with one attached hydrogen (secondary N) is 1. The van der Waals surface area contributed by atoms with E-state index < -0.39 is 11.6 Å². The van der Waals surface area contributed by atoms with Crippen molar-refractivity contribution in [3.63, 3.8) is 0 Å². The third kappa shape index (κ3) is 2.46. The number of furan rings is 1. The van der Waals surface area contributed by atoms with E-state index in [9.17, 15) is 8.78 Å². The number of halogens is 2. The molecular formula is C13H13F2NO. The van der Waals surface area contributed by atoms with Crippen LogP contribution in [0.1, 0.15) is 17.1 Å². The van der Waals surface area contributed by atoms with Crippen LogP contribution in [0.3, 0.4) is 0 Å². The number of anilines is 1. The first-order valence-electron chi connectivity index (χ1n) is 5.31. The Balaban J connectivity index is 2.16. The molecule has 2 rings (SSSR count). The summed E-state index contributed by atoms with van der Waals surface area (Å²) in [6, 6.07) is 6.23.